The molecule has 1 aliphatic heterocycles. The van der Waals surface area contributed by atoms with Crippen molar-refractivity contribution in [2.75, 3.05) is 11.9 Å². The highest BCUT2D eigenvalue weighted by molar-refractivity contribution is 9.10. The topological polar surface area (TPSA) is 21.3 Å². The summed E-state index contributed by atoms with van der Waals surface area (Å²) in [6.07, 6.45) is -4.64. The molecule has 0 unspecified atom stereocenters. The number of alkyl halides is 3. The molecule has 21 heavy (non-hydrogen) atoms. The first-order valence-corrected chi connectivity index (χ1v) is 7.10. The molecule has 1 N–H and O–H groups in total. The van der Waals surface area contributed by atoms with Crippen LogP contribution in [0, 0.1) is 0 Å². The van der Waals surface area contributed by atoms with Crippen molar-refractivity contribution in [3.8, 4) is 5.75 Å². The maximum atomic E-state index is 12.6. The van der Waals surface area contributed by atoms with Crippen molar-refractivity contribution in [2.24, 2.45) is 0 Å². The average molecular weight is 358 g/mol. The number of benzene rings is 2. The molecule has 0 aliphatic carbocycles. The summed E-state index contributed by atoms with van der Waals surface area (Å²) in [6, 6.07) is 10.7. The van der Waals surface area contributed by atoms with E-state index in [2.05, 4.69) is 21.2 Å². The number of ether oxygens (including phenoxy) is 1. The monoisotopic (exact) mass is 357 g/mol. The molecule has 0 amide bonds. The van der Waals surface area contributed by atoms with E-state index in [-0.39, 0.29) is 6.10 Å². The zero-order chi connectivity index (χ0) is 15.0. The molecular weight excluding hydrogens is 347 g/mol. The Hall–Kier alpha value is -1.69. The van der Waals surface area contributed by atoms with Crippen molar-refractivity contribution in [3.05, 3.63) is 58.1 Å². The Morgan fingerprint density at radius 3 is 2.48 bits per heavy atom. The minimum Gasteiger partial charge on any atom is -0.481 e. The van der Waals surface area contributed by atoms with Gasteiger partial charge in [0.25, 0.3) is 0 Å². The molecule has 2 aromatic rings. The molecule has 0 fully saturated rings. The molecule has 1 heterocycles. The molecule has 0 bridgehead atoms. The third-order valence-corrected chi connectivity index (χ3v) is 3.94. The van der Waals surface area contributed by atoms with Gasteiger partial charge < -0.3 is 10.1 Å². The Kier molecular flexibility index (Phi) is 3.57. The zero-order valence-corrected chi connectivity index (χ0v) is 12.3. The van der Waals surface area contributed by atoms with E-state index in [0.717, 1.165) is 22.3 Å². The van der Waals surface area contributed by atoms with Gasteiger partial charge in [0.15, 0.2) is 5.75 Å². The van der Waals surface area contributed by atoms with Crippen LogP contribution >= 0.6 is 15.9 Å². The van der Waals surface area contributed by atoms with Crippen molar-refractivity contribution < 1.29 is 17.9 Å². The van der Waals surface area contributed by atoms with Crippen LogP contribution in [0.4, 0.5) is 18.9 Å². The molecule has 1 atom stereocenters. The Balaban J connectivity index is 1.85. The first kappa shape index (κ1) is 14.3. The normalized spacial score (nSPS) is 17.6. The maximum Gasteiger partial charge on any atom is 0.416 e. The van der Waals surface area contributed by atoms with E-state index in [9.17, 15) is 13.2 Å². The Bertz CT molecular complexity index is 655. The molecule has 110 valence electrons. The first-order valence-electron chi connectivity index (χ1n) is 6.31. The van der Waals surface area contributed by atoms with Crippen LogP contribution in [0.15, 0.2) is 46.9 Å². The molecule has 6 heteroatoms. The second kappa shape index (κ2) is 5.26. The Morgan fingerprint density at radius 2 is 1.81 bits per heavy atom. The summed E-state index contributed by atoms with van der Waals surface area (Å²) < 4.78 is 44.4. The van der Waals surface area contributed by atoms with Gasteiger partial charge in [-0.15, -0.1) is 0 Å². The highest BCUT2D eigenvalue weighted by Gasteiger charge is 2.30. The van der Waals surface area contributed by atoms with Gasteiger partial charge in [0.2, 0.25) is 0 Å². The Labute approximate surface area is 128 Å². The molecule has 1 aliphatic rings. The fourth-order valence-corrected chi connectivity index (χ4v) is 2.69. The zero-order valence-electron chi connectivity index (χ0n) is 10.7. The molecule has 0 spiro atoms. The van der Waals surface area contributed by atoms with Gasteiger partial charge in [-0.25, -0.2) is 0 Å². The van der Waals surface area contributed by atoms with Gasteiger partial charge in [0.1, 0.15) is 6.10 Å². The quantitative estimate of drug-likeness (QED) is 0.774. The molecule has 2 aromatic carbocycles. The number of hydrogen-bond acceptors (Lipinski definition) is 2. The number of anilines is 1. The summed E-state index contributed by atoms with van der Waals surface area (Å²) in [5.74, 6) is 0.675. The fourth-order valence-electron chi connectivity index (χ4n) is 2.23. The number of rotatable bonds is 1. The van der Waals surface area contributed by atoms with Crippen LogP contribution in [0.25, 0.3) is 0 Å². The van der Waals surface area contributed by atoms with Gasteiger partial charge in [-0.3, -0.25) is 0 Å². The van der Waals surface area contributed by atoms with Gasteiger partial charge >= 0.3 is 6.18 Å². The second-order valence-electron chi connectivity index (χ2n) is 4.72. The van der Waals surface area contributed by atoms with Crippen LogP contribution in [-0.2, 0) is 6.18 Å². The summed E-state index contributed by atoms with van der Waals surface area (Å²) in [7, 11) is 0. The van der Waals surface area contributed by atoms with Gasteiger partial charge in [-0.05, 0) is 45.8 Å². The van der Waals surface area contributed by atoms with E-state index in [1.54, 1.807) is 0 Å². The van der Waals surface area contributed by atoms with E-state index >= 15 is 0 Å². The summed E-state index contributed by atoms with van der Waals surface area (Å²) in [6.45, 7) is 0.509. The van der Waals surface area contributed by atoms with Crippen molar-refractivity contribution in [1.29, 1.82) is 0 Å². The second-order valence-corrected chi connectivity index (χ2v) is 5.58. The number of nitrogens with one attached hydrogen (secondary N) is 1. The summed E-state index contributed by atoms with van der Waals surface area (Å²) in [4.78, 5) is 0. The lowest BCUT2D eigenvalue weighted by molar-refractivity contribution is -0.137. The maximum absolute atomic E-state index is 12.6. The Morgan fingerprint density at radius 1 is 1.10 bits per heavy atom. The number of halogens is 4. The van der Waals surface area contributed by atoms with Crippen LogP contribution in [0.1, 0.15) is 17.2 Å². The van der Waals surface area contributed by atoms with Crippen LogP contribution < -0.4 is 10.1 Å². The predicted molar refractivity (Wildman–Crippen MR) is 77.4 cm³/mol. The van der Waals surface area contributed by atoms with E-state index in [1.807, 2.05) is 18.2 Å². The predicted octanol–water partition coefficient (Wildman–Crippen LogP) is 5.01. The van der Waals surface area contributed by atoms with Gasteiger partial charge in [-0.2, -0.15) is 13.2 Å². The third-order valence-electron chi connectivity index (χ3n) is 3.31. The number of hydrogen-bond donors (Lipinski definition) is 1. The lowest BCUT2D eigenvalue weighted by Crippen LogP contribution is -2.23. The van der Waals surface area contributed by atoms with E-state index in [0.29, 0.717) is 17.9 Å². The molecular formula is C15H11BrF3NO. The molecule has 0 saturated carbocycles. The summed E-state index contributed by atoms with van der Waals surface area (Å²) >= 11 is 3.41. The molecule has 0 radical (unpaired) electrons. The van der Waals surface area contributed by atoms with Gasteiger partial charge in [-0.1, -0.05) is 18.2 Å². The lowest BCUT2D eigenvalue weighted by Gasteiger charge is -2.28. The van der Waals surface area contributed by atoms with E-state index in [1.165, 1.54) is 12.1 Å². The standard InChI is InChI=1S/C15H11BrF3NO/c16-11-2-1-3-12-14(11)21-13(8-20-12)9-4-6-10(7-5-9)15(17,18)19/h1-7,13,20H,8H2/t13-/m1/s1. The van der Waals surface area contributed by atoms with E-state index in [4.69, 9.17) is 4.74 Å². The van der Waals surface area contributed by atoms with Crippen LogP contribution in [-0.4, -0.2) is 6.54 Å². The fraction of sp³-hybridized carbons (Fsp3) is 0.200. The molecule has 0 saturated heterocycles. The minimum absolute atomic E-state index is 0.321. The van der Waals surface area contributed by atoms with Crippen LogP contribution in [0.5, 0.6) is 5.75 Å². The number of fused-ring (bicyclic) bond motifs is 1. The highest BCUT2D eigenvalue weighted by Crippen LogP contribution is 2.40. The molecule has 2 nitrogen and oxygen atoms in total. The third kappa shape index (κ3) is 2.85. The first-order chi connectivity index (χ1) is 9.95. The molecule has 3 rings (SSSR count). The number of para-hydroxylation sites is 1. The van der Waals surface area contributed by atoms with Gasteiger partial charge in [0, 0.05) is 0 Å². The van der Waals surface area contributed by atoms with Crippen molar-refractivity contribution in [1.82, 2.24) is 0 Å². The largest absolute Gasteiger partial charge is 0.481 e. The SMILES string of the molecule is FC(F)(F)c1ccc([C@H]2CNc3cccc(Br)c3O2)cc1. The van der Waals surface area contributed by atoms with Crippen LogP contribution in [0.2, 0.25) is 0 Å². The smallest absolute Gasteiger partial charge is 0.416 e. The van der Waals surface area contributed by atoms with E-state index < -0.39 is 11.7 Å². The van der Waals surface area contributed by atoms with Gasteiger partial charge in [0.05, 0.1) is 22.3 Å². The van der Waals surface area contributed by atoms with Crippen molar-refractivity contribution in [3.63, 3.8) is 0 Å². The minimum atomic E-state index is -4.32. The van der Waals surface area contributed by atoms with Crippen molar-refractivity contribution in [2.45, 2.75) is 12.3 Å². The van der Waals surface area contributed by atoms with Crippen LogP contribution in [0.3, 0.4) is 0 Å². The summed E-state index contributed by atoms with van der Waals surface area (Å²) in [5, 5.41) is 3.22. The lowest BCUT2D eigenvalue weighted by atomic mass is 10.1. The summed E-state index contributed by atoms with van der Waals surface area (Å²) in [5.41, 5.74) is 0.918. The van der Waals surface area contributed by atoms with Crippen molar-refractivity contribution >= 4 is 21.6 Å². The molecule has 0 aromatic heterocycles. The average Bonchev–Trinajstić information content (AvgIpc) is 2.47. The highest BCUT2D eigenvalue weighted by atomic mass is 79.9.